The summed E-state index contributed by atoms with van der Waals surface area (Å²) in [7, 11) is 6.21. The maximum Gasteiger partial charge on any atom is 0.119 e. The first-order valence-corrected chi connectivity index (χ1v) is 6.22. The summed E-state index contributed by atoms with van der Waals surface area (Å²) in [6.07, 6.45) is 1.10. The molecule has 1 rings (SSSR count). The number of hydrogen-bond acceptors (Lipinski definition) is 3. The van der Waals surface area contributed by atoms with E-state index in [0.29, 0.717) is 12.6 Å². The first kappa shape index (κ1) is 14.0. The van der Waals surface area contributed by atoms with Crippen LogP contribution in [0.3, 0.4) is 0 Å². The van der Waals surface area contributed by atoms with E-state index in [1.54, 1.807) is 0 Å². The lowest BCUT2D eigenvalue weighted by Gasteiger charge is -2.19. The van der Waals surface area contributed by atoms with E-state index in [-0.39, 0.29) is 0 Å². The minimum atomic E-state index is 0.387. The summed E-state index contributed by atoms with van der Waals surface area (Å²) >= 11 is 0. The predicted molar refractivity (Wildman–Crippen MR) is 72.6 cm³/mol. The van der Waals surface area contributed by atoms with Gasteiger partial charge in [-0.25, -0.2) is 0 Å². The van der Waals surface area contributed by atoms with Crippen LogP contribution in [0.2, 0.25) is 0 Å². The van der Waals surface area contributed by atoms with Crippen molar-refractivity contribution in [2.24, 2.45) is 0 Å². The van der Waals surface area contributed by atoms with Gasteiger partial charge in [-0.15, -0.1) is 0 Å². The van der Waals surface area contributed by atoms with Crippen LogP contribution in [-0.2, 0) is 0 Å². The summed E-state index contributed by atoms with van der Waals surface area (Å²) in [4.78, 5) is 2.21. The molecule has 0 aromatic heterocycles. The summed E-state index contributed by atoms with van der Waals surface area (Å²) in [6, 6.07) is 8.73. The van der Waals surface area contributed by atoms with Crippen LogP contribution in [0, 0.1) is 0 Å². The molecule has 3 nitrogen and oxygen atoms in total. The zero-order chi connectivity index (χ0) is 12.7. The van der Waals surface area contributed by atoms with Crippen LogP contribution in [0.15, 0.2) is 24.3 Å². The number of hydrogen-bond donors (Lipinski definition) is 1. The highest BCUT2D eigenvalue weighted by atomic mass is 16.5. The van der Waals surface area contributed by atoms with E-state index in [0.717, 1.165) is 18.7 Å². The molecule has 0 saturated carbocycles. The van der Waals surface area contributed by atoms with Gasteiger partial charge in [-0.1, -0.05) is 12.1 Å². The van der Waals surface area contributed by atoms with E-state index in [2.05, 4.69) is 42.5 Å². The number of nitrogens with one attached hydrogen (secondary N) is 1. The van der Waals surface area contributed by atoms with Crippen LogP contribution in [0.25, 0.3) is 0 Å². The summed E-state index contributed by atoms with van der Waals surface area (Å²) in [5, 5.41) is 3.36. The lowest BCUT2D eigenvalue weighted by Crippen LogP contribution is -2.22. The molecule has 1 N–H and O–H groups in total. The zero-order valence-electron chi connectivity index (χ0n) is 11.4. The van der Waals surface area contributed by atoms with Crippen molar-refractivity contribution >= 4 is 0 Å². The molecule has 0 heterocycles. The molecule has 0 aliphatic heterocycles. The van der Waals surface area contributed by atoms with Crippen LogP contribution in [0.4, 0.5) is 0 Å². The Morgan fingerprint density at radius 2 is 2.12 bits per heavy atom. The fraction of sp³-hybridized carbons (Fsp3) is 0.571. The van der Waals surface area contributed by atoms with Crippen LogP contribution < -0.4 is 10.1 Å². The SMILES string of the molecule is CCOc1cccc(C(CCN(C)C)NC)c1. The van der Waals surface area contributed by atoms with Crippen molar-refractivity contribution in [3.05, 3.63) is 29.8 Å². The molecule has 1 atom stereocenters. The molecule has 0 radical (unpaired) electrons. The van der Waals surface area contributed by atoms with Crippen molar-refractivity contribution in [3.63, 3.8) is 0 Å². The third-order valence-corrected chi connectivity index (χ3v) is 2.78. The zero-order valence-corrected chi connectivity index (χ0v) is 11.4. The Hall–Kier alpha value is -1.06. The molecular formula is C14H24N2O. The highest BCUT2D eigenvalue weighted by Gasteiger charge is 2.10. The largest absolute Gasteiger partial charge is 0.494 e. The Morgan fingerprint density at radius 1 is 1.35 bits per heavy atom. The monoisotopic (exact) mass is 236 g/mol. The first-order chi connectivity index (χ1) is 8.17. The van der Waals surface area contributed by atoms with Gasteiger partial charge in [0.25, 0.3) is 0 Å². The second-order valence-corrected chi connectivity index (χ2v) is 4.44. The van der Waals surface area contributed by atoms with Crippen LogP contribution in [0.5, 0.6) is 5.75 Å². The third-order valence-electron chi connectivity index (χ3n) is 2.78. The molecular weight excluding hydrogens is 212 g/mol. The molecule has 0 aliphatic carbocycles. The molecule has 3 heteroatoms. The van der Waals surface area contributed by atoms with Gasteiger partial charge in [0.1, 0.15) is 5.75 Å². The summed E-state index contributed by atoms with van der Waals surface area (Å²) in [5.74, 6) is 0.954. The summed E-state index contributed by atoms with van der Waals surface area (Å²) in [5.41, 5.74) is 1.29. The second-order valence-electron chi connectivity index (χ2n) is 4.44. The van der Waals surface area contributed by atoms with Gasteiger partial charge in [-0.2, -0.15) is 0 Å². The van der Waals surface area contributed by atoms with Gasteiger partial charge in [-0.3, -0.25) is 0 Å². The number of nitrogens with zero attached hydrogens (tertiary/aromatic N) is 1. The normalized spacial score (nSPS) is 12.8. The topological polar surface area (TPSA) is 24.5 Å². The van der Waals surface area contributed by atoms with E-state index in [9.17, 15) is 0 Å². The lowest BCUT2D eigenvalue weighted by molar-refractivity contribution is 0.338. The Labute approximate surface area is 105 Å². The minimum Gasteiger partial charge on any atom is -0.494 e. The van der Waals surface area contributed by atoms with Crippen molar-refractivity contribution in [1.82, 2.24) is 10.2 Å². The lowest BCUT2D eigenvalue weighted by atomic mass is 10.0. The highest BCUT2D eigenvalue weighted by Crippen LogP contribution is 2.21. The molecule has 0 saturated heterocycles. The van der Waals surface area contributed by atoms with Crippen molar-refractivity contribution in [2.45, 2.75) is 19.4 Å². The van der Waals surface area contributed by atoms with E-state index in [1.807, 2.05) is 20.0 Å². The van der Waals surface area contributed by atoms with Gasteiger partial charge < -0.3 is 15.0 Å². The highest BCUT2D eigenvalue weighted by molar-refractivity contribution is 5.30. The molecule has 0 amide bonds. The fourth-order valence-corrected chi connectivity index (χ4v) is 1.85. The van der Waals surface area contributed by atoms with Gasteiger partial charge in [0.2, 0.25) is 0 Å². The van der Waals surface area contributed by atoms with Crippen LogP contribution in [-0.4, -0.2) is 39.2 Å². The fourth-order valence-electron chi connectivity index (χ4n) is 1.85. The molecule has 1 aromatic rings. The maximum absolute atomic E-state index is 5.53. The van der Waals surface area contributed by atoms with Crippen LogP contribution in [0.1, 0.15) is 24.9 Å². The third kappa shape index (κ3) is 4.75. The molecule has 0 fully saturated rings. The summed E-state index contributed by atoms with van der Waals surface area (Å²) < 4.78 is 5.53. The molecule has 0 bridgehead atoms. The van der Waals surface area contributed by atoms with E-state index >= 15 is 0 Å². The molecule has 0 spiro atoms. The average molecular weight is 236 g/mol. The van der Waals surface area contributed by atoms with E-state index in [1.165, 1.54) is 5.56 Å². The summed E-state index contributed by atoms with van der Waals surface area (Å²) in [6.45, 7) is 3.80. The molecule has 0 aliphatic rings. The van der Waals surface area contributed by atoms with Gasteiger partial charge in [0.05, 0.1) is 6.61 Å². The standard InChI is InChI=1S/C14H24N2O/c1-5-17-13-8-6-7-12(11-13)14(15-2)9-10-16(3)4/h6-8,11,14-15H,5,9-10H2,1-4H3. The molecule has 96 valence electrons. The smallest absolute Gasteiger partial charge is 0.119 e. The molecule has 1 unspecified atom stereocenters. The number of rotatable bonds is 7. The van der Waals surface area contributed by atoms with Crippen LogP contribution >= 0.6 is 0 Å². The second kappa shape index (κ2) is 7.30. The Kier molecular flexibility index (Phi) is 6.01. The first-order valence-electron chi connectivity index (χ1n) is 6.22. The van der Waals surface area contributed by atoms with E-state index in [4.69, 9.17) is 4.74 Å². The van der Waals surface area contributed by atoms with Crippen molar-refractivity contribution in [3.8, 4) is 5.75 Å². The Balaban J connectivity index is 2.69. The van der Waals surface area contributed by atoms with Crippen molar-refractivity contribution in [1.29, 1.82) is 0 Å². The van der Waals surface area contributed by atoms with E-state index < -0.39 is 0 Å². The van der Waals surface area contributed by atoms with Gasteiger partial charge in [-0.05, 0) is 58.7 Å². The number of benzene rings is 1. The van der Waals surface area contributed by atoms with Gasteiger partial charge >= 0.3 is 0 Å². The van der Waals surface area contributed by atoms with Gasteiger partial charge in [0.15, 0.2) is 0 Å². The Morgan fingerprint density at radius 3 is 2.71 bits per heavy atom. The molecule has 17 heavy (non-hydrogen) atoms. The van der Waals surface area contributed by atoms with Crippen molar-refractivity contribution in [2.75, 3.05) is 34.3 Å². The Bertz CT molecular complexity index is 326. The van der Waals surface area contributed by atoms with Gasteiger partial charge in [0, 0.05) is 6.04 Å². The average Bonchev–Trinajstić information content (AvgIpc) is 2.30. The maximum atomic E-state index is 5.53. The minimum absolute atomic E-state index is 0.387. The number of ether oxygens (including phenoxy) is 1. The quantitative estimate of drug-likeness (QED) is 0.786. The predicted octanol–water partition coefficient (Wildman–Crippen LogP) is 2.30. The molecule has 1 aromatic carbocycles. The van der Waals surface area contributed by atoms with Crippen molar-refractivity contribution < 1.29 is 4.74 Å².